The van der Waals surface area contributed by atoms with Gasteiger partial charge in [-0.25, -0.2) is 13.7 Å². The van der Waals surface area contributed by atoms with Gasteiger partial charge in [-0.05, 0) is 92.6 Å². The molecule has 1 aromatic carbocycles. The number of aryl methyl sites for hydroxylation is 1. The van der Waals surface area contributed by atoms with Gasteiger partial charge in [-0.3, -0.25) is 4.03 Å². The van der Waals surface area contributed by atoms with Crippen molar-refractivity contribution in [3.05, 3.63) is 46.7 Å². The molecular formula is C29H45N3O4SSi. The molecule has 1 saturated carbocycles. The van der Waals surface area contributed by atoms with E-state index >= 15 is 0 Å². The lowest BCUT2D eigenvalue weighted by Gasteiger charge is -2.34. The summed E-state index contributed by atoms with van der Waals surface area (Å²) in [4.78, 5) is 13.6. The summed E-state index contributed by atoms with van der Waals surface area (Å²) in [5, 5.41) is 13.4. The number of benzene rings is 1. The molecule has 7 nitrogen and oxygen atoms in total. The van der Waals surface area contributed by atoms with E-state index in [1.807, 2.05) is 13.1 Å². The molecule has 2 unspecified atom stereocenters. The summed E-state index contributed by atoms with van der Waals surface area (Å²) in [5.74, 6) is 0.963. The van der Waals surface area contributed by atoms with E-state index in [4.69, 9.17) is 8.45 Å². The van der Waals surface area contributed by atoms with E-state index in [9.17, 15) is 14.1 Å². The third-order valence-corrected chi connectivity index (χ3v) is 16.6. The highest BCUT2D eigenvalue weighted by Gasteiger charge is 2.39. The minimum atomic E-state index is -3.48. The molecule has 2 aliphatic carbocycles. The number of nitrogens with one attached hydrogen (secondary N) is 2. The van der Waals surface area contributed by atoms with Crippen LogP contribution < -0.4 is 10.0 Å². The number of hydrogen-bond acceptors (Lipinski definition) is 5. The summed E-state index contributed by atoms with van der Waals surface area (Å²) < 4.78 is 27.8. The third-order valence-electron chi connectivity index (χ3n) is 8.88. The first kappa shape index (κ1) is 28.9. The van der Waals surface area contributed by atoms with E-state index in [0.29, 0.717) is 17.4 Å². The molecule has 0 spiro atoms. The summed E-state index contributed by atoms with van der Waals surface area (Å²) in [5.41, 5.74) is 3.78. The highest BCUT2D eigenvalue weighted by atomic mass is 32.2. The summed E-state index contributed by atoms with van der Waals surface area (Å²) in [6.45, 7) is 15.8. The molecule has 3 N–H and O–H groups in total. The topological polar surface area (TPSA) is 104 Å². The molecule has 0 aliphatic heterocycles. The van der Waals surface area contributed by atoms with Crippen molar-refractivity contribution in [2.45, 2.75) is 115 Å². The van der Waals surface area contributed by atoms with Crippen LogP contribution in [0.3, 0.4) is 0 Å². The summed E-state index contributed by atoms with van der Waals surface area (Å²) in [6, 6.07) is 5.37. The molecule has 210 valence electrons. The largest absolute Gasteiger partial charge is 0.452 e. The van der Waals surface area contributed by atoms with E-state index in [1.165, 1.54) is 36.7 Å². The first-order valence-electron chi connectivity index (χ1n) is 13.8. The maximum absolute atomic E-state index is 14.5. The predicted molar refractivity (Wildman–Crippen MR) is 156 cm³/mol. The Hall–Kier alpha value is -2.10. The third kappa shape index (κ3) is 5.75. The first-order valence-corrected chi connectivity index (χ1v) is 18.3. The van der Waals surface area contributed by atoms with E-state index in [1.54, 1.807) is 19.9 Å². The van der Waals surface area contributed by atoms with Crippen LogP contribution in [0.2, 0.25) is 18.1 Å². The molecule has 38 heavy (non-hydrogen) atoms. The minimum Gasteiger partial charge on any atom is -0.452 e. The Morgan fingerprint density at radius 2 is 1.84 bits per heavy atom. The molecule has 0 bridgehead atoms. The average Bonchev–Trinajstić information content (AvgIpc) is 3.41. The lowest BCUT2D eigenvalue weighted by atomic mass is 9.73. The van der Waals surface area contributed by atoms with Crippen LogP contribution in [-0.2, 0) is 28.4 Å². The fourth-order valence-corrected chi connectivity index (χ4v) is 10.1. The Morgan fingerprint density at radius 1 is 1.16 bits per heavy atom. The Balaban J connectivity index is 1.73. The monoisotopic (exact) mass is 559 g/mol. The van der Waals surface area contributed by atoms with Crippen LogP contribution in [0.25, 0.3) is 0 Å². The number of anilines is 1. The van der Waals surface area contributed by atoms with Crippen LogP contribution in [0.15, 0.2) is 38.0 Å². The van der Waals surface area contributed by atoms with E-state index < -0.39 is 29.8 Å². The number of carbonyl (C=O) groups is 1. The van der Waals surface area contributed by atoms with Crippen LogP contribution in [0.1, 0.15) is 95.4 Å². The Labute approximate surface area is 229 Å². The Bertz CT molecular complexity index is 1320. The average molecular weight is 560 g/mol. The summed E-state index contributed by atoms with van der Waals surface area (Å²) in [7, 11) is -5.97. The fraction of sp³-hybridized carbons (Fsp3) is 0.621. The van der Waals surface area contributed by atoms with E-state index in [-0.39, 0.29) is 10.1 Å². The van der Waals surface area contributed by atoms with Gasteiger partial charge in [0.05, 0.1) is 11.9 Å². The van der Waals surface area contributed by atoms with Crippen molar-refractivity contribution >= 4 is 29.9 Å². The fourth-order valence-electron chi connectivity index (χ4n) is 5.03. The normalized spacial score (nSPS) is 18.8. The van der Waals surface area contributed by atoms with Crippen LogP contribution in [0, 0.1) is 5.92 Å². The quantitative estimate of drug-likeness (QED) is 0.306. The second-order valence-electron chi connectivity index (χ2n) is 13.2. The maximum Gasteiger partial charge on any atom is 0.332 e. The number of rotatable bonds is 7. The molecule has 1 heterocycles. The Morgan fingerprint density at radius 3 is 2.39 bits per heavy atom. The maximum atomic E-state index is 14.5. The van der Waals surface area contributed by atoms with Crippen LogP contribution in [0.4, 0.5) is 10.5 Å². The van der Waals surface area contributed by atoms with Crippen molar-refractivity contribution in [2.75, 3.05) is 5.32 Å². The van der Waals surface area contributed by atoms with Gasteiger partial charge in [-0.15, -0.1) is 0 Å². The standard InChI is InChI=1S/C29H45N3O4SSi/c1-19(20-11-9-12-20)23-16-15-21-13-10-14-24(21)26(23)30-27(33)31-37(35,32-38(7,8)28(2,3)4)25-17-22(18-36-25)29(5,6)34/h15-20,34H,9-14H2,1-8H3,(H2,30,31,32,33,35). The van der Waals surface area contributed by atoms with Gasteiger partial charge in [0.15, 0.2) is 18.2 Å². The van der Waals surface area contributed by atoms with Gasteiger partial charge in [-0.1, -0.05) is 46.2 Å². The van der Waals surface area contributed by atoms with Gasteiger partial charge in [0, 0.05) is 17.3 Å². The van der Waals surface area contributed by atoms with Crippen molar-refractivity contribution in [3.8, 4) is 0 Å². The van der Waals surface area contributed by atoms with Gasteiger partial charge >= 0.3 is 6.03 Å². The van der Waals surface area contributed by atoms with Crippen molar-refractivity contribution in [3.63, 3.8) is 0 Å². The molecule has 2 atom stereocenters. The van der Waals surface area contributed by atoms with Crippen LogP contribution in [-0.4, -0.2) is 23.6 Å². The summed E-state index contributed by atoms with van der Waals surface area (Å²) >= 11 is 0. The van der Waals surface area contributed by atoms with Gasteiger partial charge in [0.2, 0.25) is 5.09 Å². The van der Waals surface area contributed by atoms with Gasteiger partial charge in [0.25, 0.3) is 0 Å². The SMILES string of the molecule is CC(c1ccc2c(c1NC(=O)NS(=O)(=N[Si](C)(C)C(C)(C)C)c1cc(C(C)(C)O)co1)CCC2)C1CCC1. The predicted octanol–water partition coefficient (Wildman–Crippen LogP) is 7.47. The highest BCUT2D eigenvalue weighted by Crippen LogP contribution is 2.44. The molecule has 1 fully saturated rings. The molecule has 0 saturated heterocycles. The van der Waals surface area contributed by atoms with Gasteiger partial charge in [0.1, 0.15) is 0 Å². The van der Waals surface area contributed by atoms with Crippen molar-refractivity contribution in [1.29, 1.82) is 0 Å². The van der Waals surface area contributed by atoms with Gasteiger partial charge < -0.3 is 14.8 Å². The zero-order valence-electron chi connectivity index (χ0n) is 24.2. The number of hydrogen-bond donors (Lipinski definition) is 3. The zero-order valence-corrected chi connectivity index (χ0v) is 26.1. The lowest BCUT2D eigenvalue weighted by molar-refractivity contribution is 0.0779. The zero-order chi connectivity index (χ0) is 28.1. The second kappa shape index (κ2) is 10.1. The molecule has 2 amide bonds. The summed E-state index contributed by atoms with van der Waals surface area (Å²) in [6.07, 6.45) is 8.07. The molecular weight excluding hydrogens is 514 g/mol. The lowest BCUT2D eigenvalue weighted by Crippen LogP contribution is -2.41. The van der Waals surface area contributed by atoms with Gasteiger partial charge in [-0.2, -0.15) is 0 Å². The molecule has 0 radical (unpaired) electrons. The number of furan rings is 1. The minimum absolute atomic E-state index is 0.0518. The smallest absolute Gasteiger partial charge is 0.332 e. The first-order chi connectivity index (χ1) is 17.5. The van der Waals surface area contributed by atoms with Crippen LogP contribution in [0.5, 0.6) is 0 Å². The molecule has 4 rings (SSSR count). The Kier molecular flexibility index (Phi) is 7.71. The number of nitrogens with zero attached hydrogens (tertiary/aromatic N) is 1. The molecule has 9 heteroatoms. The van der Waals surface area contributed by atoms with Crippen molar-refractivity contribution < 1.29 is 18.5 Å². The number of carbonyl (C=O) groups excluding carboxylic acids is 1. The number of aliphatic hydroxyl groups is 1. The second-order valence-corrected chi connectivity index (χ2v) is 20.2. The number of amides is 2. The molecule has 1 aromatic heterocycles. The van der Waals surface area contributed by atoms with Crippen molar-refractivity contribution in [1.82, 2.24) is 4.72 Å². The highest BCUT2D eigenvalue weighted by molar-refractivity contribution is 7.93. The van der Waals surface area contributed by atoms with Crippen molar-refractivity contribution in [2.24, 2.45) is 9.95 Å². The molecule has 2 aromatic rings. The molecule has 2 aliphatic rings. The number of fused-ring (bicyclic) bond motifs is 1. The number of urea groups is 1. The van der Waals surface area contributed by atoms with E-state index in [2.05, 4.69) is 49.9 Å². The van der Waals surface area contributed by atoms with E-state index in [0.717, 1.165) is 30.5 Å². The van der Waals surface area contributed by atoms with Crippen LogP contribution >= 0.6 is 0 Å².